The molecule has 0 aliphatic carbocycles. The second-order valence-corrected chi connectivity index (χ2v) is 7.11. The highest BCUT2D eigenvalue weighted by atomic mass is 32.1. The van der Waals surface area contributed by atoms with Gasteiger partial charge in [-0.25, -0.2) is 0 Å². The van der Waals surface area contributed by atoms with Gasteiger partial charge in [-0.1, -0.05) is 42.5 Å². The molecule has 6 heteroatoms. The lowest BCUT2D eigenvalue weighted by Crippen LogP contribution is -2.25. The van der Waals surface area contributed by atoms with Crippen molar-refractivity contribution in [2.75, 3.05) is 7.11 Å². The highest BCUT2D eigenvalue weighted by Gasteiger charge is 2.20. The highest BCUT2D eigenvalue weighted by molar-refractivity contribution is 7.15. The van der Waals surface area contributed by atoms with E-state index in [1.807, 2.05) is 30.3 Å². The van der Waals surface area contributed by atoms with Crippen molar-refractivity contribution in [2.45, 2.75) is 0 Å². The van der Waals surface area contributed by atoms with Gasteiger partial charge in [-0.3, -0.25) is 14.0 Å². The molecule has 0 saturated heterocycles. The molecule has 0 radical (unpaired) electrons. The third-order valence-corrected chi connectivity index (χ3v) is 5.49. The van der Waals surface area contributed by atoms with Gasteiger partial charge in [0.25, 0.3) is 5.56 Å². The fraction of sp³-hybridized carbons (Fsp3) is 0.0455. The van der Waals surface area contributed by atoms with Crippen LogP contribution in [0.1, 0.15) is 27.2 Å². The van der Waals surface area contributed by atoms with Crippen molar-refractivity contribution in [1.29, 1.82) is 5.26 Å². The molecule has 0 fully saturated rings. The van der Waals surface area contributed by atoms with E-state index in [2.05, 4.69) is 6.07 Å². The molecule has 0 spiro atoms. The second kappa shape index (κ2) is 7.14. The topological polar surface area (TPSA) is 71.6 Å². The Hall–Kier alpha value is -3.69. The van der Waals surface area contributed by atoms with Gasteiger partial charge >= 0.3 is 0 Å². The Morgan fingerprint density at radius 2 is 1.86 bits per heavy atom. The van der Waals surface area contributed by atoms with E-state index in [9.17, 15) is 14.9 Å². The number of hydrogen-bond acceptors (Lipinski definition) is 5. The standard InChI is InChI=1S/C22H14N2O3S/c1-27-17-9-7-14(8-10-17)11-19-21(26)24-18(12-16(13-23)22(24)28-19)20(25)15-5-3-2-4-6-15/h2-12H,1H3/b19-11-. The molecule has 0 N–H and O–H groups in total. The maximum absolute atomic E-state index is 13.0. The van der Waals surface area contributed by atoms with Crippen molar-refractivity contribution in [3.8, 4) is 11.8 Å². The van der Waals surface area contributed by atoms with Crippen LogP contribution in [0.3, 0.4) is 0 Å². The Morgan fingerprint density at radius 3 is 2.50 bits per heavy atom. The maximum Gasteiger partial charge on any atom is 0.273 e. The number of carbonyl (C=O) groups is 1. The number of nitrogens with zero attached hydrogens (tertiary/aromatic N) is 2. The molecule has 5 nitrogen and oxygen atoms in total. The average Bonchev–Trinajstić information content (AvgIpc) is 3.26. The summed E-state index contributed by atoms with van der Waals surface area (Å²) < 4.78 is 6.94. The van der Waals surface area contributed by atoms with Crippen LogP contribution in [0.15, 0.2) is 65.5 Å². The molecule has 0 bridgehead atoms. The summed E-state index contributed by atoms with van der Waals surface area (Å²) in [5.74, 6) is 0.435. The number of aromatic nitrogens is 1. The van der Waals surface area contributed by atoms with E-state index in [1.54, 1.807) is 37.5 Å². The normalized spacial score (nSPS) is 11.5. The zero-order valence-electron chi connectivity index (χ0n) is 14.9. The molecule has 28 heavy (non-hydrogen) atoms. The van der Waals surface area contributed by atoms with E-state index in [4.69, 9.17) is 4.74 Å². The summed E-state index contributed by atoms with van der Waals surface area (Å²) in [6, 6.07) is 19.6. The van der Waals surface area contributed by atoms with E-state index in [1.165, 1.54) is 21.8 Å². The van der Waals surface area contributed by atoms with Gasteiger partial charge in [0, 0.05) is 5.56 Å². The lowest BCUT2D eigenvalue weighted by molar-refractivity contribution is 0.103. The minimum Gasteiger partial charge on any atom is -0.497 e. The molecule has 0 unspecified atom stereocenters. The summed E-state index contributed by atoms with van der Waals surface area (Å²) in [5, 5.41) is 9.45. The quantitative estimate of drug-likeness (QED) is 0.506. The van der Waals surface area contributed by atoms with Gasteiger partial charge in [0.1, 0.15) is 16.6 Å². The summed E-state index contributed by atoms with van der Waals surface area (Å²) in [6.45, 7) is 0. The molecule has 2 aromatic heterocycles. The molecule has 0 aliphatic rings. The van der Waals surface area contributed by atoms with Crippen LogP contribution in [0.2, 0.25) is 0 Å². The molecule has 136 valence electrons. The molecular formula is C22H14N2O3S. The summed E-state index contributed by atoms with van der Waals surface area (Å²) in [6.07, 6.45) is 1.75. The number of nitriles is 1. The Balaban J connectivity index is 1.90. The van der Waals surface area contributed by atoms with E-state index < -0.39 is 0 Å². The Bertz CT molecular complexity index is 1330. The van der Waals surface area contributed by atoms with Crippen molar-refractivity contribution in [3.05, 3.63) is 97.9 Å². The number of ketones is 1. The number of carbonyl (C=O) groups excluding carboxylic acids is 1. The van der Waals surface area contributed by atoms with E-state index in [0.717, 1.165) is 11.3 Å². The monoisotopic (exact) mass is 386 g/mol. The summed E-state index contributed by atoms with van der Waals surface area (Å²) in [4.78, 5) is 26.4. The second-order valence-electron chi connectivity index (χ2n) is 6.08. The van der Waals surface area contributed by atoms with Crippen molar-refractivity contribution in [3.63, 3.8) is 0 Å². The summed E-state index contributed by atoms with van der Waals surface area (Å²) in [7, 11) is 1.59. The zero-order chi connectivity index (χ0) is 19.7. The van der Waals surface area contributed by atoms with Gasteiger partial charge in [-0.05, 0) is 29.8 Å². The van der Waals surface area contributed by atoms with Crippen LogP contribution in [-0.2, 0) is 0 Å². The van der Waals surface area contributed by atoms with Crippen molar-refractivity contribution >= 4 is 28.0 Å². The molecule has 2 aromatic carbocycles. The number of methoxy groups -OCH3 is 1. The number of benzene rings is 2. The number of ether oxygens (including phenoxy) is 1. The molecule has 4 aromatic rings. The van der Waals surface area contributed by atoms with Gasteiger partial charge in [0.05, 0.1) is 22.9 Å². The van der Waals surface area contributed by atoms with Crippen LogP contribution in [0.4, 0.5) is 0 Å². The highest BCUT2D eigenvalue weighted by Crippen LogP contribution is 2.20. The minimum absolute atomic E-state index is 0.202. The minimum atomic E-state index is -0.309. The van der Waals surface area contributed by atoms with Crippen molar-refractivity contribution in [2.24, 2.45) is 0 Å². The molecule has 0 saturated carbocycles. The van der Waals surface area contributed by atoms with Crippen LogP contribution >= 0.6 is 11.3 Å². The van der Waals surface area contributed by atoms with Gasteiger partial charge in [-0.2, -0.15) is 5.26 Å². The van der Waals surface area contributed by atoms with Gasteiger partial charge in [0.2, 0.25) is 5.78 Å². The average molecular weight is 386 g/mol. The van der Waals surface area contributed by atoms with Crippen LogP contribution in [0.5, 0.6) is 5.75 Å². The van der Waals surface area contributed by atoms with Crippen LogP contribution in [-0.4, -0.2) is 17.3 Å². The van der Waals surface area contributed by atoms with Gasteiger partial charge in [-0.15, -0.1) is 11.3 Å². The fourth-order valence-corrected chi connectivity index (χ4v) is 4.05. The first-order chi connectivity index (χ1) is 13.6. The predicted molar refractivity (Wildman–Crippen MR) is 108 cm³/mol. The van der Waals surface area contributed by atoms with Gasteiger partial charge < -0.3 is 4.74 Å². The van der Waals surface area contributed by atoms with Crippen molar-refractivity contribution in [1.82, 2.24) is 4.40 Å². The molecule has 4 rings (SSSR count). The van der Waals surface area contributed by atoms with Gasteiger partial charge in [0.15, 0.2) is 0 Å². The number of rotatable bonds is 4. The van der Waals surface area contributed by atoms with Crippen LogP contribution in [0.25, 0.3) is 10.9 Å². The number of fused-ring (bicyclic) bond motifs is 1. The first-order valence-electron chi connectivity index (χ1n) is 8.46. The zero-order valence-corrected chi connectivity index (χ0v) is 15.7. The van der Waals surface area contributed by atoms with E-state index in [0.29, 0.717) is 20.5 Å². The van der Waals surface area contributed by atoms with Crippen LogP contribution in [0, 0.1) is 11.3 Å². The van der Waals surface area contributed by atoms with Crippen molar-refractivity contribution < 1.29 is 9.53 Å². The lowest BCUT2D eigenvalue weighted by atomic mass is 10.1. The fourth-order valence-electron chi connectivity index (χ4n) is 2.98. The number of hydrogen-bond donors (Lipinski definition) is 0. The predicted octanol–water partition coefficient (Wildman–Crippen LogP) is 3.02. The summed E-state index contributed by atoms with van der Waals surface area (Å²) >= 11 is 1.20. The molecular weight excluding hydrogens is 372 g/mol. The Kier molecular flexibility index (Phi) is 4.52. The third kappa shape index (κ3) is 2.98. The Morgan fingerprint density at radius 1 is 1.14 bits per heavy atom. The van der Waals surface area contributed by atoms with E-state index in [-0.39, 0.29) is 17.0 Å². The Labute approximate surface area is 164 Å². The molecule has 0 aliphatic heterocycles. The number of thiazole rings is 1. The molecule has 0 amide bonds. The molecule has 0 atom stereocenters. The lowest BCUT2D eigenvalue weighted by Gasteiger charge is -1.99. The smallest absolute Gasteiger partial charge is 0.273 e. The SMILES string of the molecule is COc1ccc(/C=c2\sc3c(C#N)cc(C(=O)c4ccccc4)n3c2=O)cc1. The maximum atomic E-state index is 13.0. The van der Waals surface area contributed by atoms with E-state index >= 15 is 0 Å². The summed E-state index contributed by atoms with van der Waals surface area (Å²) in [5.41, 5.74) is 1.51. The molecule has 2 heterocycles. The largest absolute Gasteiger partial charge is 0.497 e. The third-order valence-electron chi connectivity index (χ3n) is 4.38. The first-order valence-corrected chi connectivity index (χ1v) is 9.28. The van der Waals surface area contributed by atoms with Crippen LogP contribution < -0.4 is 14.8 Å². The first kappa shape index (κ1) is 17.7.